The summed E-state index contributed by atoms with van der Waals surface area (Å²) < 4.78 is 6.59. The van der Waals surface area contributed by atoms with Gasteiger partial charge in [-0.3, -0.25) is 4.79 Å². The number of fused-ring (bicyclic) bond motifs is 1. The first-order chi connectivity index (χ1) is 9.72. The zero-order valence-corrected chi connectivity index (χ0v) is 12.1. The molecule has 5 heteroatoms. The number of nitrogens with zero attached hydrogens (tertiary/aromatic N) is 1. The van der Waals surface area contributed by atoms with Crippen molar-refractivity contribution in [3.63, 3.8) is 0 Å². The van der Waals surface area contributed by atoms with E-state index in [9.17, 15) is 4.79 Å². The highest BCUT2D eigenvalue weighted by atomic mass is 79.9. The van der Waals surface area contributed by atoms with Crippen molar-refractivity contribution < 1.29 is 4.74 Å². The summed E-state index contributed by atoms with van der Waals surface area (Å²) >= 11 is 3.36. The zero-order chi connectivity index (χ0) is 13.9. The minimum absolute atomic E-state index is 0.148. The lowest BCUT2D eigenvalue weighted by atomic mass is 10.2. The fourth-order valence-corrected chi connectivity index (χ4v) is 2.15. The SMILES string of the molecule is O=c1[nH]c(COc2ccc(Br)cc2)nc2ccccc12. The normalized spacial score (nSPS) is 10.7. The molecule has 4 nitrogen and oxygen atoms in total. The Morgan fingerprint density at radius 1 is 1.10 bits per heavy atom. The second-order valence-corrected chi connectivity index (χ2v) is 5.19. The molecule has 1 heterocycles. The molecule has 0 saturated carbocycles. The molecular formula is C15H11BrN2O2. The molecule has 0 aliphatic heterocycles. The molecule has 0 unspecified atom stereocenters. The Balaban J connectivity index is 1.84. The first-order valence-corrected chi connectivity index (χ1v) is 6.88. The van der Waals surface area contributed by atoms with E-state index in [0.717, 1.165) is 10.2 Å². The van der Waals surface area contributed by atoms with Gasteiger partial charge in [0.15, 0.2) is 0 Å². The number of halogens is 1. The molecular weight excluding hydrogens is 320 g/mol. The van der Waals surface area contributed by atoms with E-state index in [1.165, 1.54) is 0 Å². The molecule has 0 radical (unpaired) electrons. The van der Waals surface area contributed by atoms with Gasteiger partial charge in [0, 0.05) is 4.47 Å². The van der Waals surface area contributed by atoms with Gasteiger partial charge in [-0.15, -0.1) is 0 Å². The summed E-state index contributed by atoms with van der Waals surface area (Å²) in [6, 6.07) is 14.7. The van der Waals surface area contributed by atoms with Crippen molar-refractivity contribution in [3.05, 3.63) is 69.2 Å². The van der Waals surface area contributed by atoms with E-state index < -0.39 is 0 Å². The van der Waals surface area contributed by atoms with Crippen LogP contribution in [0.15, 0.2) is 57.8 Å². The van der Waals surface area contributed by atoms with E-state index in [1.807, 2.05) is 42.5 Å². The third kappa shape index (κ3) is 2.72. The monoisotopic (exact) mass is 330 g/mol. The van der Waals surface area contributed by atoms with Crippen LogP contribution in [0.1, 0.15) is 5.82 Å². The molecule has 0 fully saturated rings. The van der Waals surface area contributed by atoms with Crippen LogP contribution in [-0.2, 0) is 6.61 Å². The molecule has 0 atom stereocenters. The summed E-state index contributed by atoms with van der Waals surface area (Å²) in [5, 5.41) is 0.583. The summed E-state index contributed by atoms with van der Waals surface area (Å²) in [6.07, 6.45) is 0. The number of rotatable bonds is 3. The van der Waals surface area contributed by atoms with Crippen LogP contribution in [0.5, 0.6) is 5.75 Å². The molecule has 0 spiro atoms. The number of benzene rings is 2. The van der Waals surface area contributed by atoms with Crippen molar-refractivity contribution in [2.24, 2.45) is 0 Å². The number of H-pyrrole nitrogens is 1. The van der Waals surface area contributed by atoms with Crippen LogP contribution in [0.2, 0.25) is 0 Å². The van der Waals surface area contributed by atoms with Gasteiger partial charge in [-0.05, 0) is 36.4 Å². The average molecular weight is 331 g/mol. The summed E-state index contributed by atoms with van der Waals surface area (Å²) in [7, 11) is 0. The molecule has 2 aromatic carbocycles. The summed E-state index contributed by atoms with van der Waals surface area (Å²) in [6.45, 7) is 0.224. The highest BCUT2D eigenvalue weighted by Crippen LogP contribution is 2.17. The predicted octanol–water partition coefficient (Wildman–Crippen LogP) is 3.26. The molecule has 3 aromatic rings. The Morgan fingerprint density at radius 2 is 1.85 bits per heavy atom. The van der Waals surface area contributed by atoms with Gasteiger partial charge in [-0.2, -0.15) is 0 Å². The van der Waals surface area contributed by atoms with Crippen molar-refractivity contribution in [2.45, 2.75) is 6.61 Å². The summed E-state index contributed by atoms with van der Waals surface area (Å²) in [4.78, 5) is 19.0. The molecule has 0 aliphatic carbocycles. The van der Waals surface area contributed by atoms with Crippen LogP contribution in [0.25, 0.3) is 10.9 Å². The van der Waals surface area contributed by atoms with Gasteiger partial charge in [0.2, 0.25) is 0 Å². The van der Waals surface area contributed by atoms with Crippen molar-refractivity contribution >= 4 is 26.8 Å². The van der Waals surface area contributed by atoms with Gasteiger partial charge in [0.05, 0.1) is 10.9 Å². The van der Waals surface area contributed by atoms with Crippen LogP contribution in [0, 0.1) is 0 Å². The van der Waals surface area contributed by atoms with E-state index >= 15 is 0 Å². The Labute approximate surface area is 123 Å². The van der Waals surface area contributed by atoms with E-state index in [1.54, 1.807) is 6.07 Å². The van der Waals surface area contributed by atoms with Gasteiger partial charge in [-0.1, -0.05) is 28.1 Å². The maximum atomic E-state index is 11.9. The van der Waals surface area contributed by atoms with Crippen LogP contribution in [0.3, 0.4) is 0 Å². The van der Waals surface area contributed by atoms with E-state index in [-0.39, 0.29) is 12.2 Å². The van der Waals surface area contributed by atoms with E-state index in [2.05, 4.69) is 25.9 Å². The molecule has 0 aliphatic rings. The number of ether oxygens (including phenoxy) is 1. The zero-order valence-electron chi connectivity index (χ0n) is 10.5. The predicted molar refractivity (Wildman–Crippen MR) is 80.8 cm³/mol. The number of aromatic nitrogens is 2. The number of nitrogens with one attached hydrogen (secondary N) is 1. The van der Waals surface area contributed by atoms with Crippen LogP contribution in [0.4, 0.5) is 0 Å². The lowest BCUT2D eigenvalue weighted by Gasteiger charge is -2.06. The second-order valence-electron chi connectivity index (χ2n) is 4.27. The minimum Gasteiger partial charge on any atom is -0.486 e. The number of hydrogen-bond donors (Lipinski definition) is 1. The fourth-order valence-electron chi connectivity index (χ4n) is 1.89. The van der Waals surface area contributed by atoms with Crippen molar-refractivity contribution in [1.82, 2.24) is 9.97 Å². The van der Waals surface area contributed by atoms with Crippen LogP contribution >= 0.6 is 15.9 Å². The molecule has 100 valence electrons. The van der Waals surface area contributed by atoms with Gasteiger partial charge < -0.3 is 9.72 Å². The van der Waals surface area contributed by atoms with Gasteiger partial charge in [0.25, 0.3) is 5.56 Å². The van der Waals surface area contributed by atoms with Crippen molar-refractivity contribution in [1.29, 1.82) is 0 Å². The number of para-hydroxylation sites is 1. The van der Waals surface area contributed by atoms with Crippen LogP contribution in [-0.4, -0.2) is 9.97 Å². The average Bonchev–Trinajstić information content (AvgIpc) is 2.47. The molecule has 1 aromatic heterocycles. The maximum Gasteiger partial charge on any atom is 0.258 e. The minimum atomic E-state index is -0.148. The largest absolute Gasteiger partial charge is 0.486 e. The van der Waals surface area contributed by atoms with Crippen molar-refractivity contribution in [3.8, 4) is 5.75 Å². The third-order valence-corrected chi connectivity index (χ3v) is 3.38. The van der Waals surface area contributed by atoms with E-state index in [4.69, 9.17) is 4.74 Å². The second kappa shape index (κ2) is 5.46. The van der Waals surface area contributed by atoms with Crippen LogP contribution < -0.4 is 10.3 Å². The Morgan fingerprint density at radius 3 is 2.65 bits per heavy atom. The molecule has 0 bridgehead atoms. The summed E-state index contributed by atoms with van der Waals surface area (Å²) in [5.41, 5.74) is 0.524. The van der Waals surface area contributed by atoms with Gasteiger partial charge >= 0.3 is 0 Å². The number of hydrogen-bond acceptors (Lipinski definition) is 3. The third-order valence-electron chi connectivity index (χ3n) is 2.85. The molecule has 1 N–H and O–H groups in total. The quantitative estimate of drug-likeness (QED) is 0.801. The Bertz CT molecular complexity index is 797. The Hall–Kier alpha value is -2.14. The number of aromatic amines is 1. The fraction of sp³-hybridized carbons (Fsp3) is 0.0667. The summed E-state index contributed by atoms with van der Waals surface area (Å²) in [5.74, 6) is 1.24. The van der Waals surface area contributed by atoms with E-state index in [0.29, 0.717) is 16.7 Å². The molecule has 3 rings (SSSR count). The Kier molecular flexibility index (Phi) is 3.52. The smallest absolute Gasteiger partial charge is 0.258 e. The standard InChI is InChI=1S/C15H11BrN2O2/c16-10-5-7-11(8-6-10)20-9-14-17-13-4-2-1-3-12(13)15(19)18-14/h1-8H,9H2,(H,17,18,19). The van der Waals surface area contributed by atoms with Crippen molar-refractivity contribution in [2.75, 3.05) is 0 Å². The molecule has 0 amide bonds. The topological polar surface area (TPSA) is 55.0 Å². The van der Waals surface area contributed by atoms with Gasteiger partial charge in [0.1, 0.15) is 18.2 Å². The van der Waals surface area contributed by atoms with Gasteiger partial charge in [-0.25, -0.2) is 4.98 Å². The first-order valence-electron chi connectivity index (χ1n) is 6.09. The maximum absolute atomic E-state index is 11.9. The lowest BCUT2D eigenvalue weighted by molar-refractivity contribution is 0.296. The highest BCUT2D eigenvalue weighted by Gasteiger charge is 2.03. The molecule has 20 heavy (non-hydrogen) atoms. The first kappa shape index (κ1) is 12.9. The highest BCUT2D eigenvalue weighted by molar-refractivity contribution is 9.10. The lowest BCUT2D eigenvalue weighted by Crippen LogP contribution is -2.13. The molecule has 0 saturated heterocycles.